The minimum absolute atomic E-state index is 0.221. The van der Waals surface area contributed by atoms with Crippen molar-refractivity contribution in [3.8, 4) is 5.75 Å². The summed E-state index contributed by atoms with van der Waals surface area (Å²) >= 11 is 5.68. The van der Waals surface area contributed by atoms with Crippen molar-refractivity contribution in [1.82, 2.24) is 5.32 Å². The van der Waals surface area contributed by atoms with Gasteiger partial charge in [-0.15, -0.1) is 0 Å². The van der Waals surface area contributed by atoms with Crippen molar-refractivity contribution in [2.24, 2.45) is 5.92 Å². The molecule has 2 aromatic rings. The Bertz CT molecular complexity index is 686. The van der Waals surface area contributed by atoms with Gasteiger partial charge < -0.3 is 19.4 Å². The van der Waals surface area contributed by atoms with Crippen LogP contribution in [0.15, 0.2) is 40.8 Å². The molecule has 122 valence electrons. The molecule has 1 aliphatic heterocycles. The number of hydrogen-bond donors (Lipinski definition) is 1. The maximum absolute atomic E-state index is 12.0. The van der Waals surface area contributed by atoms with Gasteiger partial charge in [0.25, 0.3) is 5.91 Å². The van der Waals surface area contributed by atoms with Gasteiger partial charge in [0.15, 0.2) is 11.0 Å². The van der Waals surface area contributed by atoms with E-state index in [1.54, 1.807) is 19.2 Å². The summed E-state index contributed by atoms with van der Waals surface area (Å²) in [4.78, 5) is 14.3. The average molecular weight is 335 g/mol. The molecule has 1 atom stereocenters. The molecular weight excluding hydrogens is 316 g/mol. The quantitative estimate of drug-likeness (QED) is 0.912. The van der Waals surface area contributed by atoms with Crippen molar-refractivity contribution < 1.29 is 13.9 Å². The zero-order valence-corrected chi connectivity index (χ0v) is 13.7. The minimum Gasteiger partial charge on any atom is -0.495 e. The van der Waals surface area contributed by atoms with Crippen LogP contribution in [0.2, 0.25) is 5.22 Å². The van der Waals surface area contributed by atoms with Gasteiger partial charge in [-0.1, -0.05) is 12.1 Å². The SMILES string of the molecule is COc1ccccc1N1CCC(CNC(=O)c2ccc(Cl)o2)C1. The highest BCUT2D eigenvalue weighted by Crippen LogP contribution is 2.31. The van der Waals surface area contributed by atoms with Crippen LogP contribution in [0.3, 0.4) is 0 Å². The minimum atomic E-state index is -0.229. The fourth-order valence-corrected chi connectivity index (χ4v) is 3.02. The van der Waals surface area contributed by atoms with E-state index in [9.17, 15) is 4.79 Å². The molecule has 1 aromatic heterocycles. The number of nitrogens with one attached hydrogen (secondary N) is 1. The number of methoxy groups -OCH3 is 1. The third-order valence-electron chi connectivity index (χ3n) is 4.06. The Morgan fingerprint density at radius 2 is 2.22 bits per heavy atom. The Labute approximate surface area is 140 Å². The predicted molar refractivity (Wildman–Crippen MR) is 89.4 cm³/mol. The number of nitrogens with zero attached hydrogens (tertiary/aromatic N) is 1. The summed E-state index contributed by atoms with van der Waals surface area (Å²) in [6.45, 7) is 2.45. The monoisotopic (exact) mass is 334 g/mol. The lowest BCUT2D eigenvalue weighted by molar-refractivity contribution is 0.0920. The Hall–Kier alpha value is -2.14. The second-order valence-electron chi connectivity index (χ2n) is 5.59. The fraction of sp³-hybridized carbons (Fsp3) is 0.353. The summed E-state index contributed by atoms with van der Waals surface area (Å²) in [6, 6.07) is 11.1. The van der Waals surface area contributed by atoms with Crippen LogP contribution in [-0.2, 0) is 0 Å². The number of amides is 1. The summed E-state index contributed by atoms with van der Waals surface area (Å²) in [7, 11) is 1.68. The van der Waals surface area contributed by atoms with Crippen molar-refractivity contribution in [2.75, 3.05) is 31.6 Å². The van der Waals surface area contributed by atoms with Gasteiger partial charge in [0.05, 0.1) is 12.8 Å². The van der Waals surface area contributed by atoms with Crippen LogP contribution in [0.25, 0.3) is 0 Å². The fourth-order valence-electron chi connectivity index (χ4n) is 2.87. The Kier molecular flexibility index (Phi) is 4.76. The van der Waals surface area contributed by atoms with Crippen molar-refractivity contribution >= 4 is 23.2 Å². The van der Waals surface area contributed by atoms with Crippen LogP contribution < -0.4 is 15.0 Å². The van der Waals surface area contributed by atoms with E-state index >= 15 is 0 Å². The molecule has 0 saturated carbocycles. The standard InChI is InChI=1S/C17H19ClN2O3/c1-22-14-5-3-2-4-13(14)20-9-8-12(11-20)10-19-17(21)15-6-7-16(18)23-15/h2-7,12H,8-11H2,1H3,(H,19,21). The number of rotatable bonds is 5. The second kappa shape index (κ2) is 6.96. The molecule has 1 aromatic carbocycles. The molecule has 23 heavy (non-hydrogen) atoms. The van der Waals surface area contributed by atoms with Crippen molar-refractivity contribution in [3.05, 3.63) is 47.4 Å². The number of halogens is 1. The zero-order chi connectivity index (χ0) is 16.2. The molecule has 0 spiro atoms. The number of para-hydroxylation sites is 2. The number of ether oxygens (including phenoxy) is 1. The normalized spacial score (nSPS) is 17.3. The van der Waals surface area contributed by atoms with E-state index in [0.717, 1.165) is 30.9 Å². The van der Waals surface area contributed by atoms with E-state index in [1.165, 1.54) is 0 Å². The Balaban J connectivity index is 1.55. The van der Waals surface area contributed by atoms with Gasteiger partial charge in [0, 0.05) is 19.6 Å². The highest BCUT2D eigenvalue weighted by Gasteiger charge is 2.25. The van der Waals surface area contributed by atoms with E-state index in [1.807, 2.05) is 18.2 Å². The molecule has 2 heterocycles. The average Bonchev–Trinajstić information content (AvgIpc) is 3.21. The third-order valence-corrected chi connectivity index (χ3v) is 4.26. The van der Waals surface area contributed by atoms with Gasteiger partial charge in [-0.25, -0.2) is 0 Å². The molecule has 0 radical (unpaired) electrons. The molecule has 1 N–H and O–H groups in total. The summed E-state index contributed by atoms with van der Waals surface area (Å²) in [6.07, 6.45) is 1.03. The third kappa shape index (κ3) is 3.62. The number of furan rings is 1. The summed E-state index contributed by atoms with van der Waals surface area (Å²) in [5, 5.41) is 3.13. The van der Waals surface area contributed by atoms with E-state index < -0.39 is 0 Å². The van der Waals surface area contributed by atoms with E-state index in [4.69, 9.17) is 20.8 Å². The first-order chi connectivity index (χ1) is 11.2. The van der Waals surface area contributed by atoms with Gasteiger partial charge in [-0.3, -0.25) is 4.79 Å². The van der Waals surface area contributed by atoms with E-state index in [-0.39, 0.29) is 16.9 Å². The maximum atomic E-state index is 12.0. The number of carbonyl (C=O) groups excluding carboxylic acids is 1. The molecule has 0 bridgehead atoms. The molecule has 1 unspecified atom stereocenters. The Morgan fingerprint density at radius 1 is 1.39 bits per heavy atom. The zero-order valence-electron chi connectivity index (χ0n) is 12.9. The number of benzene rings is 1. The molecule has 1 saturated heterocycles. The number of carbonyl (C=O) groups is 1. The van der Waals surface area contributed by atoms with E-state index in [0.29, 0.717) is 12.5 Å². The van der Waals surface area contributed by atoms with Crippen LogP contribution in [0.4, 0.5) is 5.69 Å². The van der Waals surface area contributed by atoms with Crippen molar-refractivity contribution in [2.45, 2.75) is 6.42 Å². The molecule has 1 aliphatic rings. The van der Waals surface area contributed by atoms with Gasteiger partial charge in [-0.2, -0.15) is 0 Å². The first-order valence-corrected chi connectivity index (χ1v) is 7.96. The van der Waals surface area contributed by atoms with Crippen LogP contribution >= 0.6 is 11.6 Å². The van der Waals surface area contributed by atoms with Crippen molar-refractivity contribution in [1.29, 1.82) is 0 Å². The molecule has 5 nitrogen and oxygen atoms in total. The maximum Gasteiger partial charge on any atom is 0.287 e. The van der Waals surface area contributed by atoms with E-state index in [2.05, 4.69) is 16.3 Å². The van der Waals surface area contributed by atoms with Gasteiger partial charge in [-0.05, 0) is 48.2 Å². The van der Waals surface area contributed by atoms with Gasteiger partial charge >= 0.3 is 0 Å². The van der Waals surface area contributed by atoms with Crippen LogP contribution in [-0.4, -0.2) is 32.7 Å². The number of hydrogen-bond acceptors (Lipinski definition) is 4. The molecule has 0 aliphatic carbocycles. The lowest BCUT2D eigenvalue weighted by Crippen LogP contribution is -2.30. The summed E-state index contributed by atoms with van der Waals surface area (Å²) in [5.41, 5.74) is 1.10. The van der Waals surface area contributed by atoms with Crippen LogP contribution in [0.1, 0.15) is 17.0 Å². The van der Waals surface area contributed by atoms with Gasteiger partial charge in [0.1, 0.15) is 5.75 Å². The molecular formula is C17H19ClN2O3. The summed E-state index contributed by atoms with van der Waals surface area (Å²) in [5.74, 6) is 1.29. The Morgan fingerprint density at radius 3 is 2.96 bits per heavy atom. The molecule has 3 rings (SSSR count). The smallest absolute Gasteiger partial charge is 0.287 e. The molecule has 1 fully saturated rings. The highest BCUT2D eigenvalue weighted by molar-refractivity contribution is 6.29. The second-order valence-corrected chi connectivity index (χ2v) is 5.96. The molecule has 1 amide bonds. The first-order valence-electron chi connectivity index (χ1n) is 7.59. The van der Waals surface area contributed by atoms with Crippen molar-refractivity contribution in [3.63, 3.8) is 0 Å². The van der Waals surface area contributed by atoms with Crippen LogP contribution in [0, 0.1) is 5.92 Å². The lowest BCUT2D eigenvalue weighted by Gasteiger charge is -2.21. The summed E-state index contributed by atoms with van der Waals surface area (Å²) < 4.78 is 10.5. The van der Waals surface area contributed by atoms with Gasteiger partial charge in [0.2, 0.25) is 0 Å². The lowest BCUT2D eigenvalue weighted by atomic mass is 10.1. The largest absolute Gasteiger partial charge is 0.495 e. The molecule has 6 heteroatoms. The topological polar surface area (TPSA) is 54.7 Å². The first kappa shape index (κ1) is 15.7. The highest BCUT2D eigenvalue weighted by atomic mass is 35.5. The van der Waals surface area contributed by atoms with Crippen LogP contribution in [0.5, 0.6) is 5.75 Å². The number of anilines is 1. The predicted octanol–water partition coefficient (Wildman–Crippen LogP) is 3.20.